The van der Waals surface area contributed by atoms with E-state index in [4.69, 9.17) is 0 Å². The predicted octanol–water partition coefficient (Wildman–Crippen LogP) is 8.00. The van der Waals surface area contributed by atoms with Gasteiger partial charge in [-0.2, -0.15) is 0 Å². The zero-order chi connectivity index (χ0) is 18.8. The first-order valence-electron chi connectivity index (χ1n) is 11.0. The third-order valence-corrected chi connectivity index (χ3v) is 7.33. The molecule has 2 heteroatoms. The topological polar surface area (TPSA) is 0 Å². The molecule has 0 amide bonds. The molecule has 2 aromatic carbocycles. The highest BCUT2D eigenvalue weighted by atomic mass is 19.2. The Morgan fingerprint density at radius 2 is 1.67 bits per heavy atom. The van der Waals surface area contributed by atoms with E-state index in [1.807, 2.05) is 18.2 Å². The molecule has 2 aliphatic carbocycles. The van der Waals surface area contributed by atoms with Crippen LogP contribution in [0.4, 0.5) is 8.78 Å². The smallest absolute Gasteiger partial charge is 0.166 e. The molecule has 0 heterocycles. The van der Waals surface area contributed by atoms with Crippen LogP contribution in [0.3, 0.4) is 0 Å². The number of unbranched alkanes of at least 4 members (excludes halogenated alkanes) is 2. The van der Waals surface area contributed by atoms with Gasteiger partial charge in [0.2, 0.25) is 0 Å². The van der Waals surface area contributed by atoms with Crippen LogP contribution in [0.1, 0.15) is 82.6 Å². The van der Waals surface area contributed by atoms with Gasteiger partial charge >= 0.3 is 0 Å². The number of halogens is 2. The Morgan fingerprint density at radius 3 is 2.52 bits per heavy atom. The van der Waals surface area contributed by atoms with Crippen molar-refractivity contribution in [3.63, 3.8) is 0 Å². The molecule has 0 bridgehead atoms. The van der Waals surface area contributed by atoms with Crippen LogP contribution in [0.5, 0.6) is 0 Å². The lowest BCUT2D eigenvalue weighted by molar-refractivity contribution is 0.112. The maximum Gasteiger partial charge on any atom is 0.166 e. The number of hydrogen-bond acceptors (Lipinski definition) is 0. The van der Waals surface area contributed by atoms with E-state index in [0.29, 0.717) is 16.9 Å². The van der Waals surface area contributed by atoms with E-state index in [9.17, 15) is 8.78 Å². The maximum absolute atomic E-state index is 14.8. The molecular weight excluding hydrogens is 338 g/mol. The Kier molecular flexibility index (Phi) is 5.80. The standard InChI is InChI=1S/C25H32F2/c1-2-3-4-7-17-10-11-19-15-21(13-12-18(19)14-17)23-16-20-8-5-6-9-22(20)24(26)25(23)27/h5-6,8-9,16-19,21H,2-4,7,10-15H2,1H3. The number of fused-ring (bicyclic) bond motifs is 2. The second-order valence-electron chi connectivity index (χ2n) is 9.02. The normalized spacial score (nSPS) is 28.3. The molecule has 4 rings (SSSR count). The van der Waals surface area contributed by atoms with Crippen molar-refractivity contribution in [2.45, 2.75) is 77.0 Å². The van der Waals surface area contributed by atoms with E-state index in [1.54, 1.807) is 12.1 Å². The summed E-state index contributed by atoms with van der Waals surface area (Å²) >= 11 is 0. The van der Waals surface area contributed by atoms with Gasteiger partial charge in [0.15, 0.2) is 11.6 Å². The highest BCUT2D eigenvalue weighted by molar-refractivity contribution is 5.84. The van der Waals surface area contributed by atoms with Crippen molar-refractivity contribution in [1.29, 1.82) is 0 Å². The summed E-state index contributed by atoms with van der Waals surface area (Å²) < 4.78 is 29.4. The number of rotatable bonds is 5. The van der Waals surface area contributed by atoms with Crippen molar-refractivity contribution in [2.75, 3.05) is 0 Å². The van der Waals surface area contributed by atoms with Crippen LogP contribution in [0.15, 0.2) is 30.3 Å². The van der Waals surface area contributed by atoms with Crippen molar-refractivity contribution in [2.24, 2.45) is 17.8 Å². The zero-order valence-corrected chi connectivity index (χ0v) is 16.5. The fourth-order valence-electron chi connectivity index (χ4n) is 5.81. The third kappa shape index (κ3) is 3.91. The first-order valence-corrected chi connectivity index (χ1v) is 11.0. The van der Waals surface area contributed by atoms with Gasteiger partial charge in [-0.15, -0.1) is 0 Å². The van der Waals surface area contributed by atoms with Crippen molar-refractivity contribution in [3.05, 3.63) is 47.5 Å². The number of hydrogen-bond donors (Lipinski definition) is 0. The second-order valence-corrected chi connectivity index (χ2v) is 9.02. The summed E-state index contributed by atoms with van der Waals surface area (Å²) in [5.74, 6) is 1.34. The van der Waals surface area contributed by atoms with Crippen LogP contribution in [-0.2, 0) is 0 Å². The summed E-state index contributed by atoms with van der Waals surface area (Å²) in [4.78, 5) is 0. The minimum Gasteiger partial charge on any atom is -0.203 e. The molecule has 27 heavy (non-hydrogen) atoms. The Balaban J connectivity index is 1.46. The fourth-order valence-corrected chi connectivity index (χ4v) is 5.81. The van der Waals surface area contributed by atoms with E-state index in [0.717, 1.165) is 30.1 Å². The molecule has 2 aromatic rings. The summed E-state index contributed by atoms with van der Waals surface area (Å²) in [5, 5.41) is 1.23. The largest absolute Gasteiger partial charge is 0.203 e. The van der Waals surface area contributed by atoms with Gasteiger partial charge in [0.25, 0.3) is 0 Å². The van der Waals surface area contributed by atoms with Crippen LogP contribution in [0.25, 0.3) is 10.8 Å². The van der Waals surface area contributed by atoms with Crippen molar-refractivity contribution < 1.29 is 8.78 Å². The van der Waals surface area contributed by atoms with Crippen molar-refractivity contribution in [1.82, 2.24) is 0 Å². The Bertz CT molecular complexity index is 781. The van der Waals surface area contributed by atoms with Gasteiger partial charge in [0.1, 0.15) is 0 Å². The lowest BCUT2D eigenvalue weighted by Gasteiger charge is -2.42. The summed E-state index contributed by atoms with van der Waals surface area (Å²) in [7, 11) is 0. The molecule has 4 atom stereocenters. The third-order valence-electron chi connectivity index (χ3n) is 7.33. The van der Waals surface area contributed by atoms with E-state index in [2.05, 4.69) is 6.92 Å². The van der Waals surface area contributed by atoms with Crippen LogP contribution < -0.4 is 0 Å². The van der Waals surface area contributed by atoms with Crippen LogP contribution >= 0.6 is 0 Å². The fraction of sp³-hybridized carbons (Fsp3) is 0.600. The molecule has 0 aromatic heterocycles. The molecular formula is C25H32F2. The van der Waals surface area contributed by atoms with Crippen LogP contribution in [0.2, 0.25) is 0 Å². The highest BCUT2D eigenvalue weighted by Gasteiger charge is 2.36. The van der Waals surface area contributed by atoms with Gasteiger partial charge in [-0.25, -0.2) is 8.78 Å². The lowest BCUT2D eigenvalue weighted by Crippen LogP contribution is -2.30. The van der Waals surface area contributed by atoms with Gasteiger partial charge in [-0.05, 0) is 72.8 Å². The van der Waals surface area contributed by atoms with Crippen LogP contribution in [0, 0.1) is 29.4 Å². The quantitative estimate of drug-likeness (QED) is 0.468. The van der Waals surface area contributed by atoms with E-state index in [-0.39, 0.29) is 5.92 Å². The lowest BCUT2D eigenvalue weighted by atomic mass is 9.63. The summed E-state index contributed by atoms with van der Waals surface area (Å²) in [6.45, 7) is 2.27. The monoisotopic (exact) mass is 370 g/mol. The van der Waals surface area contributed by atoms with Crippen molar-refractivity contribution >= 4 is 10.8 Å². The minimum atomic E-state index is -0.662. The highest BCUT2D eigenvalue weighted by Crippen LogP contribution is 2.49. The molecule has 146 valence electrons. The molecule has 0 spiro atoms. The number of benzene rings is 2. The van der Waals surface area contributed by atoms with Gasteiger partial charge in [0.05, 0.1) is 0 Å². The molecule has 0 radical (unpaired) electrons. The van der Waals surface area contributed by atoms with Gasteiger partial charge in [0, 0.05) is 5.39 Å². The summed E-state index contributed by atoms with van der Waals surface area (Å²) in [5.41, 5.74) is 0.620. The molecule has 0 N–H and O–H groups in total. The van der Waals surface area contributed by atoms with E-state index >= 15 is 0 Å². The van der Waals surface area contributed by atoms with Gasteiger partial charge in [-0.3, -0.25) is 0 Å². The Labute approximate surface area is 162 Å². The molecule has 2 aliphatic rings. The second kappa shape index (κ2) is 8.29. The maximum atomic E-state index is 14.8. The van der Waals surface area contributed by atoms with Crippen LogP contribution in [-0.4, -0.2) is 0 Å². The average molecular weight is 371 g/mol. The molecule has 0 aliphatic heterocycles. The van der Waals surface area contributed by atoms with Crippen molar-refractivity contribution in [3.8, 4) is 0 Å². The SMILES string of the molecule is CCCCCC1CCC2CC(c3cc4ccccc4c(F)c3F)CCC2C1. The first-order chi connectivity index (χ1) is 13.2. The summed E-state index contributed by atoms with van der Waals surface area (Å²) in [6, 6.07) is 9.16. The minimum absolute atomic E-state index is 0.182. The molecule has 0 saturated heterocycles. The first kappa shape index (κ1) is 18.9. The average Bonchev–Trinajstić information content (AvgIpc) is 2.70. The van der Waals surface area contributed by atoms with Gasteiger partial charge in [-0.1, -0.05) is 63.3 Å². The van der Waals surface area contributed by atoms with Gasteiger partial charge < -0.3 is 0 Å². The van der Waals surface area contributed by atoms with E-state index < -0.39 is 11.6 Å². The molecule has 2 fully saturated rings. The van der Waals surface area contributed by atoms with E-state index in [1.165, 1.54) is 51.4 Å². The Morgan fingerprint density at radius 1 is 0.889 bits per heavy atom. The molecule has 2 saturated carbocycles. The zero-order valence-electron chi connectivity index (χ0n) is 16.5. The Hall–Kier alpha value is -1.44. The molecule has 0 nitrogen and oxygen atoms in total. The summed E-state index contributed by atoms with van der Waals surface area (Å²) in [6.07, 6.45) is 12.7. The molecule has 4 unspecified atom stereocenters. The predicted molar refractivity (Wildman–Crippen MR) is 109 cm³/mol.